The van der Waals surface area contributed by atoms with Gasteiger partial charge in [-0.05, 0) is 12.1 Å². The minimum atomic E-state index is 0. The van der Waals surface area contributed by atoms with E-state index in [0.29, 0.717) is 5.56 Å². The third kappa shape index (κ3) is 1.48. The van der Waals surface area contributed by atoms with Crippen LogP contribution in [0.2, 0.25) is 0 Å². The van der Waals surface area contributed by atoms with Crippen molar-refractivity contribution in [1.82, 2.24) is 9.61 Å². The molecule has 0 radical (unpaired) electrons. The Balaban J connectivity index is 0.000000845. The van der Waals surface area contributed by atoms with Gasteiger partial charge in [-0.25, -0.2) is 4.52 Å². The van der Waals surface area contributed by atoms with E-state index >= 15 is 0 Å². The minimum Gasteiger partial charge on any atom is -0.384 e. The molecule has 0 aliphatic rings. The number of hydrogen-bond acceptors (Lipinski definition) is 2. The van der Waals surface area contributed by atoms with Crippen LogP contribution in [0, 0.1) is 5.41 Å². The Morgan fingerprint density at radius 2 is 2.23 bits per heavy atom. The number of hydrogen-bond donors (Lipinski definition) is 2. The van der Waals surface area contributed by atoms with Crippen molar-refractivity contribution in [2.24, 2.45) is 5.73 Å². The molecule has 2 aromatic heterocycles. The summed E-state index contributed by atoms with van der Waals surface area (Å²) in [7, 11) is 0. The second-order valence-corrected chi connectivity index (χ2v) is 2.50. The highest BCUT2D eigenvalue weighted by atomic mass is 35.5. The fourth-order valence-electron chi connectivity index (χ4n) is 1.14. The number of halogens is 1. The van der Waals surface area contributed by atoms with E-state index in [-0.39, 0.29) is 18.2 Å². The van der Waals surface area contributed by atoms with Crippen molar-refractivity contribution in [2.75, 3.05) is 0 Å². The molecule has 3 N–H and O–H groups in total. The van der Waals surface area contributed by atoms with Crippen LogP contribution in [-0.4, -0.2) is 15.4 Å². The summed E-state index contributed by atoms with van der Waals surface area (Å²) in [4.78, 5) is 0. The van der Waals surface area contributed by atoms with Gasteiger partial charge in [0.05, 0.1) is 17.3 Å². The number of rotatable bonds is 1. The number of nitrogens with one attached hydrogen (secondary N) is 1. The molecule has 0 bridgehead atoms. The molecule has 0 aliphatic heterocycles. The van der Waals surface area contributed by atoms with Crippen LogP contribution in [0.1, 0.15) is 5.56 Å². The predicted molar refractivity (Wildman–Crippen MR) is 53.5 cm³/mol. The Kier molecular flexibility index (Phi) is 2.53. The van der Waals surface area contributed by atoms with Gasteiger partial charge in [-0.2, -0.15) is 5.10 Å². The normalized spacial score (nSPS) is 9.54. The van der Waals surface area contributed by atoms with Crippen LogP contribution >= 0.6 is 12.4 Å². The molecular weight excluding hydrogens is 188 g/mol. The van der Waals surface area contributed by atoms with Crippen LogP contribution < -0.4 is 5.73 Å². The quantitative estimate of drug-likeness (QED) is 0.529. The third-order valence-electron chi connectivity index (χ3n) is 1.72. The molecule has 0 spiro atoms. The lowest BCUT2D eigenvalue weighted by atomic mass is 10.2. The summed E-state index contributed by atoms with van der Waals surface area (Å²) < 4.78 is 1.69. The van der Waals surface area contributed by atoms with E-state index in [9.17, 15) is 0 Å². The van der Waals surface area contributed by atoms with E-state index in [2.05, 4.69) is 5.10 Å². The molecule has 0 saturated carbocycles. The monoisotopic (exact) mass is 196 g/mol. The number of nitrogens with two attached hydrogens (primary N) is 1. The summed E-state index contributed by atoms with van der Waals surface area (Å²) >= 11 is 0. The molecule has 5 heteroatoms. The van der Waals surface area contributed by atoms with Gasteiger partial charge in [0.2, 0.25) is 0 Å². The van der Waals surface area contributed by atoms with E-state index in [1.54, 1.807) is 10.7 Å². The van der Waals surface area contributed by atoms with Gasteiger partial charge in [0, 0.05) is 6.20 Å². The number of fused-ring (bicyclic) bond motifs is 1. The lowest BCUT2D eigenvalue weighted by molar-refractivity contribution is 0.961. The van der Waals surface area contributed by atoms with Crippen LogP contribution in [0.5, 0.6) is 0 Å². The maximum absolute atomic E-state index is 7.26. The second kappa shape index (κ2) is 3.45. The maximum atomic E-state index is 7.26. The van der Waals surface area contributed by atoms with E-state index in [0.717, 1.165) is 5.52 Å². The smallest absolute Gasteiger partial charge is 0.126 e. The van der Waals surface area contributed by atoms with Gasteiger partial charge < -0.3 is 5.73 Å². The zero-order valence-corrected chi connectivity index (χ0v) is 7.58. The predicted octanol–water partition coefficient (Wildman–Crippen LogP) is 1.04. The first-order valence-corrected chi connectivity index (χ1v) is 3.56. The van der Waals surface area contributed by atoms with Gasteiger partial charge in [0.1, 0.15) is 5.84 Å². The standard InChI is InChI=1S/C8H8N4.ClH/c9-8(10)6-5-11-12-4-2-1-3-7(6)12;/h1-5H,(H3,9,10);1H. The van der Waals surface area contributed by atoms with E-state index in [4.69, 9.17) is 11.1 Å². The van der Waals surface area contributed by atoms with Crippen LogP contribution in [-0.2, 0) is 0 Å². The first kappa shape index (κ1) is 9.54. The van der Waals surface area contributed by atoms with E-state index in [1.807, 2.05) is 24.4 Å². The SMILES string of the molecule is Cl.N=C(N)c1cnn2ccccc12. The summed E-state index contributed by atoms with van der Waals surface area (Å²) in [6.45, 7) is 0. The van der Waals surface area contributed by atoms with Crippen molar-refractivity contribution in [3.05, 3.63) is 36.2 Å². The number of nitrogens with zero attached hydrogens (tertiary/aromatic N) is 2. The highest BCUT2D eigenvalue weighted by Gasteiger charge is 2.03. The van der Waals surface area contributed by atoms with Crippen LogP contribution in [0.25, 0.3) is 5.52 Å². The van der Waals surface area contributed by atoms with Crippen molar-refractivity contribution in [3.8, 4) is 0 Å². The van der Waals surface area contributed by atoms with Crippen molar-refractivity contribution in [1.29, 1.82) is 5.41 Å². The Labute approximate surface area is 81.3 Å². The van der Waals surface area contributed by atoms with Gasteiger partial charge in [0.25, 0.3) is 0 Å². The number of nitrogen functional groups attached to an aromatic ring is 1. The molecule has 2 heterocycles. The molecule has 2 aromatic rings. The van der Waals surface area contributed by atoms with Gasteiger partial charge in [-0.15, -0.1) is 12.4 Å². The number of amidine groups is 1. The summed E-state index contributed by atoms with van der Waals surface area (Å²) in [5.74, 6) is 0.0520. The highest BCUT2D eigenvalue weighted by molar-refractivity contribution is 6.01. The minimum absolute atomic E-state index is 0. The molecule has 4 nitrogen and oxygen atoms in total. The molecule has 2 rings (SSSR count). The molecular formula is C8H9ClN4. The molecule has 0 saturated heterocycles. The summed E-state index contributed by atoms with van der Waals surface area (Å²) in [5, 5.41) is 11.3. The average Bonchev–Trinajstić information content (AvgIpc) is 2.47. The molecule has 0 unspecified atom stereocenters. The molecule has 0 aliphatic carbocycles. The first-order chi connectivity index (χ1) is 5.79. The Hall–Kier alpha value is -1.55. The van der Waals surface area contributed by atoms with Crippen molar-refractivity contribution < 1.29 is 0 Å². The van der Waals surface area contributed by atoms with Gasteiger partial charge in [-0.3, -0.25) is 5.41 Å². The van der Waals surface area contributed by atoms with Crippen LogP contribution in [0.15, 0.2) is 30.6 Å². The number of pyridine rings is 1. The first-order valence-electron chi connectivity index (χ1n) is 3.56. The topological polar surface area (TPSA) is 67.2 Å². The Morgan fingerprint density at radius 1 is 1.46 bits per heavy atom. The lowest BCUT2D eigenvalue weighted by Gasteiger charge is -1.93. The zero-order chi connectivity index (χ0) is 8.55. The van der Waals surface area contributed by atoms with Crippen molar-refractivity contribution in [2.45, 2.75) is 0 Å². The van der Waals surface area contributed by atoms with Crippen LogP contribution in [0.4, 0.5) is 0 Å². The fourth-order valence-corrected chi connectivity index (χ4v) is 1.14. The van der Waals surface area contributed by atoms with Crippen LogP contribution in [0.3, 0.4) is 0 Å². The second-order valence-electron chi connectivity index (χ2n) is 2.50. The summed E-state index contributed by atoms with van der Waals surface area (Å²) in [5.41, 5.74) is 6.90. The van der Waals surface area contributed by atoms with Crippen molar-refractivity contribution >= 4 is 23.8 Å². The Morgan fingerprint density at radius 3 is 2.92 bits per heavy atom. The largest absolute Gasteiger partial charge is 0.384 e. The fraction of sp³-hybridized carbons (Fsp3) is 0. The van der Waals surface area contributed by atoms with E-state index < -0.39 is 0 Å². The van der Waals surface area contributed by atoms with E-state index in [1.165, 1.54) is 0 Å². The maximum Gasteiger partial charge on any atom is 0.126 e. The summed E-state index contributed by atoms with van der Waals surface area (Å²) in [6.07, 6.45) is 3.42. The summed E-state index contributed by atoms with van der Waals surface area (Å²) in [6, 6.07) is 5.65. The zero-order valence-electron chi connectivity index (χ0n) is 6.77. The molecule has 0 aromatic carbocycles. The lowest BCUT2D eigenvalue weighted by Crippen LogP contribution is -2.10. The average molecular weight is 197 g/mol. The van der Waals surface area contributed by atoms with Gasteiger partial charge >= 0.3 is 0 Å². The molecule has 0 fully saturated rings. The Bertz CT molecular complexity index is 434. The third-order valence-corrected chi connectivity index (χ3v) is 1.72. The molecule has 68 valence electrons. The molecule has 0 atom stereocenters. The van der Waals surface area contributed by atoms with Crippen molar-refractivity contribution in [3.63, 3.8) is 0 Å². The highest BCUT2D eigenvalue weighted by Crippen LogP contribution is 2.07. The van der Waals surface area contributed by atoms with Gasteiger partial charge in [-0.1, -0.05) is 6.07 Å². The molecule has 0 amide bonds. The molecule has 13 heavy (non-hydrogen) atoms. The number of aromatic nitrogens is 2. The van der Waals surface area contributed by atoms with Gasteiger partial charge in [0.15, 0.2) is 0 Å².